The lowest BCUT2D eigenvalue weighted by Crippen LogP contribution is -2.61. The molecule has 6 unspecified atom stereocenters. The number of carbonyl (C=O) groups is 2. The van der Waals surface area contributed by atoms with Gasteiger partial charge >= 0.3 is 11.9 Å². The van der Waals surface area contributed by atoms with Gasteiger partial charge in [0.15, 0.2) is 6.10 Å². The van der Waals surface area contributed by atoms with Gasteiger partial charge in [-0.15, -0.1) is 0 Å². The zero-order valence-electron chi connectivity index (χ0n) is 12.4. The van der Waals surface area contributed by atoms with Crippen LogP contribution in [0, 0.1) is 5.92 Å². The third-order valence-electron chi connectivity index (χ3n) is 3.75. The first-order valence-electron chi connectivity index (χ1n) is 6.94. The second kappa shape index (κ2) is 7.34. The van der Waals surface area contributed by atoms with Crippen LogP contribution in [-0.2, 0) is 19.1 Å². The van der Waals surface area contributed by atoms with Crippen LogP contribution in [-0.4, -0.2) is 74.3 Å². The number of aliphatic carboxylic acids is 1. The summed E-state index contributed by atoms with van der Waals surface area (Å²) in [5.41, 5.74) is 0. The number of hydrogen-bond acceptors (Lipinski definition) is 8. The van der Waals surface area contributed by atoms with Crippen LogP contribution in [0.2, 0.25) is 0 Å². The average Bonchev–Trinajstić information content (AvgIpc) is 2.42. The molecule has 1 heterocycles. The van der Waals surface area contributed by atoms with Crippen LogP contribution in [0.1, 0.15) is 26.7 Å². The molecule has 0 aliphatic carbocycles. The minimum atomic E-state index is -2.66. The van der Waals surface area contributed by atoms with E-state index in [1.165, 1.54) is 0 Å². The molecule has 128 valence electrons. The summed E-state index contributed by atoms with van der Waals surface area (Å²) in [5, 5.41) is 48.4. The normalized spacial score (nSPS) is 34.7. The summed E-state index contributed by atoms with van der Waals surface area (Å²) in [5.74, 6) is -5.81. The predicted molar refractivity (Wildman–Crippen MR) is 70.5 cm³/mol. The summed E-state index contributed by atoms with van der Waals surface area (Å²) in [6, 6.07) is 0. The van der Waals surface area contributed by atoms with Crippen LogP contribution in [0.4, 0.5) is 0 Å². The Kier molecular flexibility index (Phi) is 6.27. The Morgan fingerprint density at radius 2 is 2.05 bits per heavy atom. The van der Waals surface area contributed by atoms with E-state index in [4.69, 9.17) is 14.6 Å². The topological polar surface area (TPSA) is 154 Å². The van der Waals surface area contributed by atoms with Gasteiger partial charge in [-0.2, -0.15) is 0 Å². The molecule has 1 aliphatic heterocycles. The maximum Gasteiger partial charge on any atom is 0.364 e. The highest BCUT2D eigenvalue weighted by atomic mass is 16.7. The van der Waals surface area contributed by atoms with Gasteiger partial charge in [-0.25, -0.2) is 4.79 Å². The Bertz CT molecular complexity index is 412. The smallest absolute Gasteiger partial charge is 0.364 e. The van der Waals surface area contributed by atoms with E-state index in [2.05, 4.69) is 0 Å². The molecule has 1 rings (SSSR count). The molecule has 1 aliphatic rings. The Morgan fingerprint density at radius 1 is 1.45 bits per heavy atom. The average molecular weight is 322 g/mol. The summed E-state index contributed by atoms with van der Waals surface area (Å²) in [6.07, 6.45) is -5.78. The molecule has 9 nitrogen and oxygen atoms in total. The summed E-state index contributed by atoms with van der Waals surface area (Å²) >= 11 is 0. The lowest BCUT2D eigenvalue weighted by molar-refractivity contribution is -0.304. The summed E-state index contributed by atoms with van der Waals surface area (Å²) < 4.78 is 9.82. The molecule has 0 aromatic rings. The standard InChI is InChI=1S/C13H22O9/c1-3-7-8(16)4-13(20,12(18)19)22-11(7)10(17)9(5-14)21-6(2)15/h7-11,14,16-17,20H,3-5H2,1-2H3,(H,18,19). The fourth-order valence-corrected chi connectivity index (χ4v) is 2.62. The van der Waals surface area contributed by atoms with E-state index in [1.807, 2.05) is 0 Å². The summed E-state index contributed by atoms with van der Waals surface area (Å²) in [4.78, 5) is 22.1. The molecule has 0 aromatic heterocycles. The van der Waals surface area contributed by atoms with Crippen molar-refractivity contribution >= 4 is 11.9 Å². The molecule has 9 heteroatoms. The van der Waals surface area contributed by atoms with E-state index >= 15 is 0 Å². The van der Waals surface area contributed by atoms with Crippen molar-refractivity contribution in [2.75, 3.05) is 6.61 Å². The molecule has 0 bridgehead atoms. The van der Waals surface area contributed by atoms with Crippen molar-refractivity contribution in [3.05, 3.63) is 0 Å². The Morgan fingerprint density at radius 3 is 2.45 bits per heavy atom. The zero-order valence-corrected chi connectivity index (χ0v) is 12.4. The van der Waals surface area contributed by atoms with Crippen LogP contribution < -0.4 is 0 Å². The minimum absolute atomic E-state index is 0.316. The molecular formula is C13H22O9. The van der Waals surface area contributed by atoms with Crippen molar-refractivity contribution in [2.24, 2.45) is 5.92 Å². The van der Waals surface area contributed by atoms with Gasteiger partial charge in [0.1, 0.15) is 6.10 Å². The Hall–Kier alpha value is -1.26. The van der Waals surface area contributed by atoms with Crippen LogP contribution in [0.5, 0.6) is 0 Å². The minimum Gasteiger partial charge on any atom is -0.477 e. The SMILES string of the molecule is CCC1C(O)CC(O)(C(=O)O)OC1C(O)C(CO)OC(C)=O. The number of esters is 1. The van der Waals surface area contributed by atoms with E-state index in [0.717, 1.165) is 6.92 Å². The first-order valence-corrected chi connectivity index (χ1v) is 6.94. The summed E-state index contributed by atoms with van der Waals surface area (Å²) in [7, 11) is 0. The fraction of sp³-hybridized carbons (Fsp3) is 0.846. The molecule has 5 N–H and O–H groups in total. The van der Waals surface area contributed by atoms with E-state index < -0.39 is 61.1 Å². The third kappa shape index (κ3) is 3.93. The molecule has 0 radical (unpaired) electrons. The fourth-order valence-electron chi connectivity index (χ4n) is 2.62. The van der Waals surface area contributed by atoms with Crippen LogP contribution >= 0.6 is 0 Å². The van der Waals surface area contributed by atoms with E-state index in [9.17, 15) is 30.0 Å². The molecular weight excluding hydrogens is 300 g/mol. The molecule has 0 amide bonds. The first kappa shape index (κ1) is 18.8. The van der Waals surface area contributed by atoms with Gasteiger partial charge in [0.2, 0.25) is 0 Å². The van der Waals surface area contributed by atoms with Crippen molar-refractivity contribution < 1.29 is 44.6 Å². The van der Waals surface area contributed by atoms with E-state index in [-0.39, 0.29) is 0 Å². The maximum atomic E-state index is 11.1. The van der Waals surface area contributed by atoms with Crippen LogP contribution in [0.3, 0.4) is 0 Å². The number of aliphatic hydroxyl groups excluding tert-OH is 3. The largest absolute Gasteiger partial charge is 0.477 e. The van der Waals surface area contributed by atoms with Crippen LogP contribution in [0.25, 0.3) is 0 Å². The van der Waals surface area contributed by atoms with Gasteiger partial charge in [0.05, 0.1) is 18.8 Å². The Labute approximate surface area is 127 Å². The molecule has 6 atom stereocenters. The van der Waals surface area contributed by atoms with Gasteiger partial charge in [0, 0.05) is 19.3 Å². The number of rotatable bonds is 6. The lowest BCUT2D eigenvalue weighted by atomic mass is 9.82. The second-order valence-corrected chi connectivity index (χ2v) is 5.34. The van der Waals surface area contributed by atoms with Crippen molar-refractivity contribution in [3.63, 3.8) is 0 Å². The van der Waals surface area contributed by atoms with Crippen molar-refractivity contribution in [2.45, 2.75) is 56.9 Å². The number of carboxylic acids is 1. The quantitative estimate of drug-likeness (QED) is 0.357. The predicted octanol–water partition coefficient (Wildman–Crippen LogP) is -1.78. The van der Waals surface area contributed by atoms with Crippen molar-refractivity contribution in [1.82, 2.24) is 0 Å². The molecule has 1 fully saturated rings. The number of ether oxygens (including phenoxy) is 2. The molecule has 22 heavy (non-hydrogen) atoms. The highest BCUT2D eigenvalue weighted by Gasteiger charge is 2.53. The number of carbonyl (C=O) groups excluding carboxylic acids is 1. The molecule has 1 saturated heterocycles. The number of carboxylic acid groups (broad SMARTS) is 1. The van der Waals surface area contributed by atoms with E-state index in [1.54, 1.807) is 6.92 Å². The molecule has 0 spiro atoms. The third-order valence-corrected chi connectivity index (χ3v) is 3.75. The highest BCUT2D eigenvalue weighted by molar-refractivity contribution is 5.75. The van der Waals surface area contributed by atoms with Gasteiger partial charge in [0.25, 0.3) is 5.79 Å². The van der Waals surface area contributed by atoms with Gasteiger partial charge < -0.3 is 35.0 Å². The molecule has 0 saturated carbocycles. The van der Waals surface area contributed by atoms with Crippen LogP contribution in [0.15, 0.2) is 0 Å². The number of hydrogen-bond donors (Lipinski definition) is 5. The van der Waals surface area contributed by atoms with Gasteiger partial charge in [-0.05, 0) is 6.42 Å². The van der Waals surface area contributed by atoms with Crippen molar-refractivity contribution in [3.8, 4) is 0 Å². The lowest BCUT2D eigenvalue weighted by Gasteiger charge is -2.44. The van der Waals surface area contributed by atoms with Gasteiger partial charge in [-0.3, -0.25) is 4.79 Å². The monoisotopic (exact) mass is 322 g/mol. The Balaban J connectivity index is 3.03. The summed E-state index contributed by atoms with van der Waals surface area (Å²) in [6.45, 7) is 2.04. The first-order chi connectivity index (χ1) is 10.2. The second-order valence-electron chi connectivity index (χ2n) is 5.34. The maximum absolute atomic E-state index is 11.1. The molecule has 0 aromatic carbocycles. The van der Waals surface area contributed by atoms with Gasteiger partial charge in [-0.1, -0.05) is 6.92 Å². The van der Waals surface area contributed by atoms with E-state index in [0.29, 0.717) is 6.42 Å². The number of aliphatic hydroxyl groups is 4. The zero-order chi connectivity index (χ0) is 17.1. The van der Waals surface area contributed by atoms with Crippen molar-refractivity contribution in [1.29, 1.82) is 0 Å². The highest BCUT2D eigenvalue weighted by Crippen LogP contribution is 2.36.